The molecule has 0 aliphatic heterocycles. The third-order valence-corrected chi connectivity index (χ3v) is 5.24. The van der Waals surface area contributed by atoms with Crippen LogP contribution in [0.15, 0.2) is 0 Å². The first-order valence-electron chi connectivity index (χ1n) is 4.19. The molecule has 1 fully saturated rings. The molecule has 1 aliphatic rings. The Bertz CT molecular complexity index is 126. The Morgan fingerprint density at radius 3 is 1.33 bits per heavy atom. The van der Waals surface area contributed by atoms with Crippen LogP contribution in [0.2, 0.25) is 11.6 Å². The minimum absolute atomic E-state index is 0.466. The van der Waals surface area contributed by atoms with Gasteiger partial charge in [-0.2, -0.15) is 0 Å². The molecular formula is C6H10B2Br4. The van der Waals surface area contributed by atoms with E-state index in [0.29, 0.717) is 8.72 Å². The van der Waals surface area contributed by atoms with Gasteiger partial charge in [0.2, 0.25) is 0 Å². The van der Waals surface area contributed by atoms with E-state index in [0.717, 1.165) is 11.6 Å². The SMILES string of the molecule is BrB(Br)C1CCCCC1B(Br)Br. The fraction of sp³-hybridized carbons (Fsp3) is 1.00. The summed E-state index contributed by atoms with van der Waals surface area (Å²) in [4.78, 5) is 0. The van der Waals surface area contributed by atoms with Gasteiger partial charge < -0.3 is 0 Å². The summed E-state index contributed by atoms with van der Waals surface area (Å²) in [7, 11) is 0. The van der Waals surface area contributed by atoms with Crippen LogP contribution in [0.3, 0.4) is 0 Å². The molecule has 2 atom stereocenters. The summed E-state index contributed by atoms with van der Waals surface area (Å²) >= 11 is 14.5. The molecule has 0 heterocycles. The Kier molecular flexibility index (Phi) is 5.87. The topological polar surface area (TPSA) is 0 Å². The summed E-state index contributed by atoms with van der Waals surface area (Å²) in [6.45, 7) is 0. The maximum Gasteiger partial charge on any atom is 0.301 e. The molecule has 0 nitrogen and oxygen atoms in total. The molecule has 12 heavy (non-hydrogen) atoms. The summed E-state index contributed by atoms with van der Waals surface area (Å²) in [6, 6.07) is 0. The minimum atomic E-state index is 0.466. The van der Waals surface area contributed by atoms with E-state index in [1.807, 2.05) is 0 Å². The lowest BCUT2D eigenvalue weighted by molar-refractivity contribution is 0.501. The second-order valence-corrected chi connectivity index (χ2v) is 9.68. The van der Waals surface area contributed by atoms with Crippen LogP contribution in [-0.4, -0.2) is 8.72 Å². The molecule has 0 aromatic carbocycles. The lowest BCUT2D eigenvalue weighted by Crippen LogP contribution is -2.23. The molecule has 0 aromatic rings. The summed E-state index contributed by atoms with van der Waals surface area (Å²) in [5.41, 5.74) is 0. The zero-order valence-corrected chi connectivity index (χ0v) is 13.0. The van der Waals surface area contributed by atoms with E-state index in [-0.39, 0.29) is 0 Å². The van der Waals surface area contributed by atoms with Crippen LogP contribution in [0, 0.1) is 0 Å². The summed E-state index contributed by atoms with van der Waals surface area (Å²) in [6.07, 6.45) is 5.42. The van der Waals surface area contributed by atoms with Gasteiger partial charge in [-0.05, 0) is 11.6 Å². The predicted octanol–water partition coefficient (Wildman–Crippen LogP) is 4.86. The van der Waals surface area contributed by atoms with Crippen LogP contribution >= 0.6 is 63.0 Å². The van der Waals surface area contributed by atoms with Crippen LogP contribution in [0.1, 0.15) is 25.7 Å². The van der Waals surface area contributed by atoms with E-state index in [1.165, 1.54) is 25.7 Å². The molecule has 2 unspecified atom stereocenters. The van der Waals surface area contributed by atoms with Crippen LogP contribution in [0.25, 0.3) is 0 Å². The average molecular weight is 423 g/mol. The molecular weight excluding hydrogens is 413 g/mol. The van der Waals surface area contributed by atoms with Crippen molar-refractivity contribution in [3.8, 4) is 0 Å². The van der Waals surface area contributed by atoms with Crippen LogP contribution in [-0.2, 0) is 0 Å². The Morgan fingerprint density at radius 1 is 0.750 bits per heavy atom. The van der Waals surface area contributed by atoms with Crippen molar-refractivity contribution in [2.45, 2.75) is 37.3 Å². The fourth-order valence-corrected chi connectivity index (χ4v) is 4.44. The Balaban J connectivity index is 2.54. The van der Waals surface area contributed by atoms with Crippen molar-refractivity contribution in [1.29, 1.82) is 0 Å². The molecule has 68 valence electrons. The maximum atomic E-state index is 3.62. The molecule has 0 spiro atoms. The highest BCUT2D eigenvalue weighted by atomic mass is 79.9. The van der Waals surface area contributed by atoms with Crippen molar-refractivity contribution in [3.05, 3.63) is 0 Å². The van der Waals surface area contributed by atoms with Crippen molar-refractivity contribution in [2.75, 3.05) is 0 Å². The monoisotopic (exact) mass is 420 g/mol. The standard InChI is InChI=1S/C6H10B2Br4/c9-7(10)5-3-1-2-4-6(5)8(11)12/h5-6H,1-4H2. The first kappa shape index (κ1) is 12.1. The maximum absolute atomic E-state index is 3.62. The highest BCUT2D eigenvalue weighted by molar-refractivity contribution is 9.49. The van der Waals surface area contributed by atoms with Gasteiger partial charge in [-0.1, -0.05) is 25.7 Å². The first-order valence-corrected chi connectivity index (χ1v) is 7.85. The smallest absolute Gasteiger partial charge is 0.139 e. The Morgan fingerprint density at radius 2 is 1.08 bits per heavy atom. The molecule has 1 saturated carbocycles. The number of hydrogen-bond donors (Lipinski definition) is 0. The van der Waals surface area contributed by atoms with Gasteiger partial charge in [0.1, 0.15) is 0 Å². The summed E-state index contributed by atoms with van der Waals surface area (Å²) in [5, 5.41) is 0. The van der Waals surface area contributed by atoms with Crippen molar-refractivity contribution >= 4 is 71.7 Å². The fourth-order valence-electron chi connectivity index (χ4n) is 1.81. The van der Waals surface area contributed by atoms with Crippen molar-refractivity contribution in [2.24, 2.45) is 0 Å². The van der Waals surface area contributed by atoms with E-state index < -0.39 is 0 Å². The quantitative estimate of drug-likeness (QED) is 0.557. The average Bonchev–Trinajstić information content (AvgIpc) is 2.04. The van der Waals surface area contributed by atoms with E-state index in [9.17, 15) is 0 Å². The molecule has 0 amide bonds. The Hall–Kier alpha value is 2.05. The van der Waals surface area contributed by atoms with Gasteiger partial charge >= 0.3 is 8.72 Å². The van der Waals surface area contributed by atoms with Gasteiger partial charge in [-0.3, -0.25) is 0 Å². The van der Waals surface area contributed by atoms with Gasteiger partial charge in [-0.25, -0.2) is 0 Å². The number of hydrogen-bond acceptors (Lipinski definition) is 0. The second-order valence-electron chi connectivity index (χ2n) is 3.28. The van der Waals surface area contributed by atoms with Gasteiger partial charge in [-0.15, -0.1) is 63.0 Å². The molecule has 1 aliphatic carbocycles. The van der Waals surface area contributed by atoms with Crippen molar-refractivity contribution in [3.63, 3.8) is 0 Å². The van der Waals surface area contributed by atoms with Crippen molar-refractivity contribution in [1.82, 2.24) is 0 Å². The normalized spacial score (nSPS) is 30.0. The van der Waals surface area contributed by atoms with E-state index in [4.69, 9.17) is 0 Å². The molecule has 0 saturated heterocycles. The molecule has 6 heteroatoms. The molecule has 1 rings (SSSR count). The second kappa shape index (κ2) is 5.82. The Labute approximate surface area is 108 Å². The minimum Gasteiger partial charge on any atom is -0.139 e. The van der Waals surface area contributed by atoms with Crippen LogP contribution in [0.5, 0.6) is 0 Å². The van der Waals surface area contributed by atoms with Crippen LogP contribution in [0.4, 0.5) is 0 Å². The third kappa shape index (κ3) is 3.32. The van der Waals surface area contributed by atoms with Crippen molar-refractivity contribution < 1.29 is 0 Å². The van der Waals surface area contributed by atoms with Gasteiger partial charge in [0.05, 0.1) is 0 Å². The zero-order chi connectivity index (χ0) is 9.14. The van der Waals surface area contributed by atoms with Gasteiger partial charge in [0, 0.05) is 0 Å². The third-order valence-electron chi connectivity index (χ3n) is 2.52. The molecule has 0 bridgehead atoms. The predicted molar refractivity (Wildman–Crippen MR) is 73.2 cm³/mol. The van der Waals surface area contributed by atoms with E-state index in [2.05, 4.69) is 63.0 Å². The van der Waals surface area contributed by atoms with E-state index >= 15 is 0 Å². The zero-order valence-electron chi connectivity index (χ0n) is 6.65. The molecule has 0 radical (unpaired) electrons. The van der Waals surface area contributed by atoms with Gasteiger partial charge in [0.25, 0.3) is 0 Å². The lowest BCUT2D eigenvalue weighted by Gasteiger charge is -2.31. The summed E-state index contributed by atoms with van der Waals surface area (Å²) in [5.74, 6) is 1.50. The highest BCUT2D eigenvalue weighted by Crippen LogP contribution is 2.48. The number of rotatable bonds is 2. The van der Waals surface area contributed by atoms with E-state index in [1.54, 1.807) is 0 Å². The first-order chi connectivity index (χ1) is 5.63. The van der Waals surface area contributed by atoms with Gasteiger partial charge in [0.15, 0.2) is 0 Å². The largest absolute Gasteiger partial charge is 0.301 e. The van der Waals surface area contributed by atoms with Crippen LogP contribution < -0.4 is 0 Å². The molecule has 0 N–H and O–H groups in total. The lowest BCUT2D eigenvalue weighted by atomic mass is 9.59. The molecule has 0 aromatic heterocycles. The highest BCUT2D eigenvalue weighted by Gasteiger charge is 2.36. The summed E-state index contributed by atoms with van der Waals surface area (Å²) < 4.78 is 0.931. The number of halogens is 4.